The minimum absolute atomic E-state index is 0.123. The van der Waals surface area contributed by atoms with Gasteiger partial charge in [-0.25, -0.2) is 14.8 Å². The van der Waals surface area contributed by atoms with Gasteiger partial charge in [-0.05, 0) is 50.0 Å². The molecule has 2 heterocycles. The van der Waals surface area contributed by atoms with Crippen LogP contribution in [0.1, 0.15) is 39.8 Å². The Morgan fingerprint density at radius 1 is 1.54 bits per heavy atom. The molecule has 1 unspecified atom stereocenters. The van der Waals surface area contributed by atoms with E-state index in [-0.39, 0.29) is 19.0 Å². The monoisotopic (exact) mass is 401 g/mol. The minimum Gasteiger partial charge on any atom is -0.480 e. The van der Waals surface area contributed by atoms with Gasteiger partial charge in [-0.1, -0.05) is 0 Å². The van der Waals surface area contributed by atoms with Gasteiger partial charge in [0, 0.05) is 12.5 Å². The van der Waals surface area contributed by atoms with Crippen molar-refractivity contribution in [2.75, 3.05) is 13.7 Å². The highest BCUT2D eigenvalue weighted by Gasteiger charge is 2.44. The molecule has 7 nitrogen and oxygen atoms in total. The summed E-state index contributed by atoms with van der Waals surface area (Å²) in [7, 11) is 1.51. The number of hydrogen-bond acceptors (Lipinski definition) is 6. The Bertz CT molecular complexity index is 620. The van der Waals surface area contributed by atoms with Crippen molar-refractivity contribution in [2.24, 2.45) is 0 Å². The predicted octanol–water partition coefficient (Wildman–Crippen LogP) is 2.55. The van der Waals surface area contributed by atoms with Crippen LogP contribution >= 0.6 is 15.9 Å². The number of aliphatic hydroxyl groups is 1. The number of aromatic nitrogens is 2. The van der Waals surface area contributed by atoms with Gasteiger partial charge >= 0.3 is 6.09 Å². The third-order valence-corrected chi connectivity index (χ3v) is 4.44. The highest BCUT2D eigenvalue weighted by atomic mass is 79.9. The maximum Gasteiger partial charge on any atom is 0.410 e. The molecule has 8 heteroatoms. The molecule has 0 aliphatic carbocycles. The van der Waals surface area contributed by atoms with Crippen LogP contribution in [0.3, 0.4) is 0 Å². The quantitative estimate of drug-likeness (QED) is 0.837. The molecule has 2 atom stereocenters. The number of methoxy groups -OCH3 is 1. The molecular weight excluding hydrogens is 378 g/mol. The van der Waals surface area contributed by atoms with Gasteiger partial charge in [-0.15, -0.1) is 0 Å². The highest BCUT2D eigenvalue weighted by molar-refractivity contribution is 9.10. The predicted molar refractivity (Wildman–Crippen MR) is 92.0 cm³/mol. The Balaban J connectivity index is 2.13. The van der Waals surface area contributed by atoms with E-state index in [4.69, 9.17) is 9.47 Å². The molecule has 134 valence electrons. The Labute approximate surface area is 150 Å². The van der Waals surface area contributed by atoms with Crippen LogP contribution in [0.5, 0.6) is 5.88 Å². The van der Waals surface area contributed by atoms with Crippen molar-refractivity contribution in [1.29, 1.82) is 0 Å². The van der Waals surface area contributed by atoms with Gasteiger partial charge in [0.05, 0.1) is 31.1 Å². The van der Waals surface area contributed by atoms with E-state index in [2.05, 4.69) is 25.9 Å². The van der Waals surface area contributed by atoms with Crippen LogP contribution < -0.4 is 4.74 Å². The van der Waals surface area contributed by atoms with Crippen molar-refractivity contribution in [3.05, 3.63) is 16.5 Å². The summed E-state index contributed by atoms with van der Waals surface area (Å²) in [5.74, 6) is 0.381. The fourth-order valence-corrected chi connectivity index (χ4v) is 3.14. The number of ether oxygens (including phenoxy) is 2. The van der Waals surface area contributed by atoms with Crippen molar-refractivity contribution < 1.29 is 19.4 Å². The number of hydrogen-bond donors (Lipinski definition) is 1. The Morgan fingerprint density at radius 3 is 2.79 bits per heavy atom. The molecule has 1 aliphatic heterocycles. The zero-order valence-corrected chi connectivity index (χ0v) is 16.3. The summed E-state index contributed by atoms with van der Waals surface area (Å²) in [5, 5.41) is 10.9. The minimum atomic E-state index is -1.08. The molecule has 1 aliphatic rings. The van der Waals surface area contributed by atoms with Gasteiger partial charge in [0.15, 0.2) is 0 Å². The summed E-state index contributed by atoms with van der Waals surface area (Å²) in [6, 6.07) is -0.123. The van der Waals surface area contributed by atoms with E-state index in [0.717, 1.165) is 0 Å². The summed E-state index contributed by atoms with van der Waals surface area (Å²) < 4.78 is 11.1. The van der Waals surface area contributed by atoms with E-state index in [1.807, 2.05) is 27.7 Å². The number of nitrogens with zero attached hydrogens (tertiary/aromatic N) is 3. The van der Waals surface area contributed by atoms with Gasteiger partial charge in [0.25, 0.3) is 0 Å². The molecule has 1 saturated heterocycles. The molecule has 1 N–H and O–H groups in total. The second-order valence-electron chi connectivity index (χ2n) is 7.21. The van der Waals surface area contributed by atoms with Crippen molar-refractivity contribution >= 4 is 22.0 Å². The first kappa shape index (κ1) is 18.9. The molecule has 2 rings (SSSR count). The van der Waals surface area contributed by atoms with Crippen molar-refractivity contribution in [3.63, 3.8) is 0 Å². The molecule has 24 heavy (non-hydrogen) atoms. The van der Waals surface area contributed by atoms with E-state index in [1.165, 1.54) is 13.3 Å². The van der Waals surface area contributed by atoms with Crippen LogP contribution in [-0.2, 0) is 11.2 Å². The number of β-amino-alcohol motifs (C(OH)–C–C–N with tert-alkyl or cyclic N) is 1. The fourth-order valence-electron chi connectivity index (χ4n) is 2.81. The number of carbonyl (C=O) groups excluding carboxylic acids is 1. The number of rotatable bonds is 3. The molecule has 1 fully saturated rings. The largest absolute Gasteiger partial charge is 0.480 e. The normalized spacial score (nSPS) is 24.1. The molecule has 1 aromatic heterocycles. The zero-order valence-electron chi connectivity index (χ0n) is 14.7. The first-order chi connectivity index (χ1) is 11.0. The molecule has 1 aromatic rings. The van der Waals surface area contributed by atoms with Gasteiger partial charge in [-0.3, -0.25) is 0 Å². The molecule has 0 aromatic carbocycles. The lowest BCUT2D eigenvalue weighted by atomic mass is 9.95. The first-order valence-electron chi connectivity index (χ1n) is 7.80. The maximum absolute atomic E-state index is 12.3. The number of likely N-dealkylation sites (tertiary alicyclic amines) is 1. The SMILES string of the molecule is COc1cnc(Br)c(CC2(O)C[C@H](C)N(C(=O)OC(C)(C)C)C2)n1. The van der Waals surface area contributed by atoms with Crippen LogP contribution in [0.4, 0.5) is 4.79 Å². The fraction of sp³-hybridized carbons (Fsp3) is 0.688. The van der Waals surface area contributed by atoms with Crippen LogP contribution in [0, 0.1) is 0 Å². The Kier molecular flexibility index (Phi) is 5.39. The van der Waals surface area contributed by atoms with Crippen molar-refractivity contribution in [1.82, 2.24) is 14.9 Å². The first-order valence-corrected chi connectivity index (χ1v) is 8.60. The third kappa shape index (κ3) is 4.57. The van der Waals surface area contributed by atoms with Gasteiger partial charge in [-0.2, -0.15) is 0 Å². The topological polar surface area (TPSA) is 84.8 Å². The molecule has 1 amide bonds. The van der Waals surface area contributed by atoms with Crippen LogP contribution in [-0.4, -0.2) is 57.0 Å². The molecule has 0 spiro atoms. The molecule has 0 radical (unpaired) electrons. The molecule has 0 bridgehead atoms. The third-order valence-electron chi connectivity index (χ3n) is 3.78. The molecule has 0 saturated carbocycles. The maximum atomic E-state index is 12.3. The average Bonchev–Trinajstić information content (AvgIpc) is 2.75. The number of halogens is 1. The summed E-state index contributed by atoms with van der Waals surface area (Å²) in [5.41, 5.74) is -1.06. The summed E-state index contributed by atoms with van der Waals surface area (Å²) in [6.07, 6.45) is 1.79. The van der Waals surface area contributed by atoms with E-state index in [9.17, 15) is 9.90 Å². The molecular formula is C16H24BrN3O4. The second kappa shape index (κ2) is 6.84. The van der Waals surface area contributed by atoms with Gasteiger partial charge in [0.1, 0.15) is 10.2 Å². The standard InChI is InChI=1S/C16H24BrN3O4/c1-10-6-16(22,9-20(10)14(21)24-15(2,3)4)7-11-13(17)18-8-12(19-11)23-5/h8,10,22H,6-7,9H2,1-5H3/t10-,16?/m0/s1. The summed E-state index contributed by atoms with van der Waals surface area (Å²) >= 11 is 3.34. The van der Waals surface area contributed by atoms with Crippen LogP contribution in [0.15, 0.2) is 10.8 Å². The second-order valence-corrected chi connectivity index (χ2v) is 7.96. The lowest BCUT2D eigenvalue weighted by molar-refractivity contribution is 0.0126. The summed E-state index contributed by atoms with van der Waals surface area (Å²) in [4.78, 5) is 22.4. The number of carbonyl (C=O) groups is 1. The number of amides is 1. The van der Waals surface area contributed by atoms with E-state index in [0.29, 0.717) is 22.6 Å². The van der Waals surface area contributed by atoms with Crippen molar-refractivity contribution in [3.8, 4) is 5.88 Å². The highest BCUT2D eigenvalue weighted by Crippen LogP contribution is 2.32. The summed E-state index contributed by atoms with van der Waals surface area (Å²) in [6.45, 7) is 7.55. The van der Waals surface area contributed by atoms with Crippen molar-refractivity contribution in [2.45, 2.75) is 57.8 Å². The van der Waals surface area contributed by atoms with Crippen LogP contribution in [0.2, 0.25) is 0 Å². The van der Waals surface area contributed by atoms with E-state index in [1.54, 1.807) is 4.90 Å². The zero-order chi connectivity index (χ0) is 18.1. The van der Waals surface area contributed by atoms with E-state index < -0.39 is 17.3 Å². The Morgan fingerprint density at radius 2 is 2.21 bits per heavy atom. The lowest BCUT2D eigenvalue weighted by Crippen LogP contribution is -2.41. The lowest BCUT2D eigenvalue weighted by Gasteiger charge is -2.27. The van der Waals surface area contributed by atoms with E-state index >= 15 is 0 Å². The van der Waals surface area contributed by atoms with Gasteiger partial charge in [0.2, 0.25) is 5.88 Å². The van der Waals surface area contributed by atoms with Gasteiger partial charge < -0.3 is 19.5 Å². The Hall–Kier alpha value is -1.41. The van der Waals surface area contributed by atoms with Crippen LogP contribution in [0.25, 0.3) is 0 Å². The average molecular weight is 402 g/mol. The smallest absolute Gasteiger partial charge is 0.410 e.